The van der Waals surface area contributed by atoms with E-state index in [0.29, 0.717) is 33.0 Å². The van der Waals surface area contributed by atoms with Crippen LogP contribution >= 0.6 is 0 Å². The number of hydrogen-bond donors (Lipinski definition) is 2. The van der Waals surface area contributed by atoms with Crippen molar-refractivity contribution >= 4 is 66.7 Å². The van der Waals surface area contributed by atoms with Crippen molar-refractivity contribution in [2.75, 3.05) is 0 Å². The summed E-state index contributed by atoms with van der Waals surface area (Å²) >= 11 is 0. The first-order chi connectivity index (χ1) is 16.4. The van der Waals surface area contributed by atoms with Crippen molar-refractivity contribution in [2.24, 2.45) is 0 Å². The lowest BCUT2D eigenvalue weighted by molar-refractivity contribution is 0.0828. The van der Waals surface area contributed by atoms with Gasteiger partial charge in [-0.25, -0.2) is 0 Å². The first-order valence-electron chi connectivity index (χ1n) is 11.3. The molecule has 5 aromatic carbocycles. The summed E-state index contributed by atoms with van der Waals surface area (Å²) in [6.07, 6.45) is 0. The van der Waals surface area contributed by atoms with Crippen LogP contribution < -0.4 is 10.6 Å². The van der Waals surface area contributed by atoms with Crippen molar-refractivity contribution in [3.8, 4) is 0 Å². The van der Waals surface area contributed by atoms with Crippen molar-refractivity contribution < 1.29 is 19.2 Å². The van der Waals surface area contributed by atoms with Crippen LogP contribution in [-0.4, -0.2) is 23.6 Å². The van der Waals surface area contributed by atoms with Crippen LogP contribution in [0, 0.1) is 13.8 Å². The van der Waals surface area contributed by atoms with Crippen LogP contribution in [0.3, 0.4) is 0 Å². The van der Waals surface area contributed by atoms with Gasteiger partial charge < -0.3 is 0 Å². The maximum atomic E-state index is 12.7. The van der Waals surface area contributed by atoms with Crippen molar-refractivity contribution in [3.05, 3.63) is 69.8 Å². The molecule has 0 radical (unpaired) electrons. The number of aryl methyl sites for hydroxylation is 2. The molecular formula is C28H20N2O4. The molecule has 6 heteroatoms. The zero-order valence-corrected chi connectivity index (χ0v) is 19.1. The quantitative estimate of drug-likeness (QED) is 0.195. The van der Waals surface area contributed by atoms with Crippen molar-refractivity contribution in [1.29, 1.82) is 0 Å². The van der Waals surface area contributed by atoms with Gasteiger partial charge in [0.1, 0.15) is 0 Å². The average Bonchev–Trinajstić information content (AvgIpc) is 2.82. The fraction of sp³-hybridized carbons (Fsp3) is 0.143. The first kappa shape index (κ1) is 20.3. The van der Waals surface area contributed by atoms with Gasteiger partial charge in [0.2, 0.25) is 0 Å². The molecule has 0 spiro atoms. The molecule has 0 aliphatic carbocycles. The minimum atomic E-state index is -0.404. The summed E-state index contributed by atoms with van der Waals surface area (Å²) in [6, 6.07) is 10.9. The number of benzene rings is 5. The van der Waals surface area contributed by atoms with E-state index in [4.69, 9.17) is 0 Å². The molecule has 0 aromatic heterocycles. The van der Waals surface area contributed by atoms with Gasteiger partial charge in [0.25, 0.3) is 23.6 Å². The lowest BCUT2D eigenvalue weighted by atomic mass is 9.80. The Morgan fingerprint density at radius 3 is 1.21 bits per heavy atom. The van der Waals surface area contributed by atoms with Crippen LogP contribution in [0.25, 0.3) is 43.1 Å². The van der Waals surface area contributed by atoms with Crippen LogP contribution in [0.15, 0.2) is 36.4 Å². The maximum absolute atomic E-state index is 12.7. The number of nitrogens with one attached hydrogen (secondary N) is 2. The van der Waals surface area contributed by atoms with E-state index in [1.165, 1.54) is 0 Å². The summed E-state index contributed by atoms with van der Waals surface area (Å²) in [5.74, 6) is -1.61. The highest BCUT2D eigenvalue weighted by molar-refractivity contribution is 6.42. The molecule has 2 aliphatic rings. The number of rotatable bonds is 0. The number of amides is 4. The molecule has 2 N–H and O–H groups in total. The van der Waals surface area contributed by atoms with E-state index < -0.39 is 23.6 Å². The Hall–Kier alpha value is -4.32. The standard InChI is InChI=1S/C26H14N2O4.C2H6/c1-9-7-15-19-13(23(29)27-25(15)31)6-4-12-18-10(2)8-16-20-14(24(30)28-26(16)32)5-3-11(22(18)20)17(9)21(12)19;1-2/h3-8H,1-2H3,(H,27,29,31)(H,28,30,32);1-2H3. The van der Waals surface area contributed by atoms with E-state index in [-0.39, 0.29) is 0 Å². The molecule has 5 aromatic rings. The zero-order valence-electron chi connectivity index (χ0n) is 19.1. The Kier molecular flexibility index (Phi) is 3.94. The van der Waals surface area contributed by atoms with Gasteiger partial charge in [0, 0.05) is 33.0 Å². The van der Waals surface area contributed by atoms with Crippen LogP contribution in [0.4, 0.5) is 0 Å². The smallest absolute Gasteiger partial charge is 0.258 e. The second-order valence-electron chi connectivity index (χ2n) is 8.62. The van der Waals surface area contributed by atoms with E-state index >= 15 is 0 Å². The summed E-state index contributed by atoms with van der Waals surface area (Å²) in [6.45, 7) is 7.88. The molecule has 0 unspecified atom stereocenters. The number of carbonyl (C=O) groups is 4. The van der Waals surface area contributed by atoms with Crippen molar-refractivity contribution in [2.45, 2.75) is 27.7 Å². The van der Waals surface area contributed by atoms with Gasteiger partial charge in [0.15, 0.2) is 0 Å². The van der Waals surface area contributed by atoms with Crippen molar-refractivity contribution in [1.82, 2.24) is 10.6 Å². The van der Waals surface area contributed by atoms with Crippen LogP contribution in [0.1, 0.15) is 66.4 Å². The zero-order chi connectivity index (χ0) is 24.0. The number of fused-ring (bicyclic) bond motifs is 2. The molecule has 7 rings (SSSR count). The molecule has 0 bridgehead atoms. The third-order valence-corrected chi connectivity index (χ3v) is 6.93. The van der Waals surface area contributed by atoms with E-state index in [0.717, 1.165) is 43.4 Å². The van der Waals surface area contributed by atoms with Gasteiger partial charge in [-0.05, 0) is 81.6 Å². The fourth-order valence-corrected chi connectivity index (χ4v) is 5.72. The Morgan fingerprint density at radius 1 is 0.471 bits per heavy atom. The summed E-state index contributed by atoms with van der Waals surface area (Å²) in [7, 11) is 0. The summed E-state index contributed by atoms with van der Waals surface area (Å²) in [4.78, 5) is 50.5. The largest absolute Gasteiger partial charge is 0.288 e. The molecule has 166 valence electrons. The highest BCUT2D eigenvalue weighted by Crippen LogP contribution is 2.47. The van der Waals surface area contributed by atoms with Gasteiger partial charge in [-0.1, -0.05) is 26.0 Å². The predicted octanol–water partition coefficient (Wildman–Crippen LogP) is 5.15. The van der Waals surface area contributed by atoms with Gasteiger partial charge in [-0.3, -0.25) is 29.8 Å². The highest BCUT2D eigenvalue weighted by Gasteiger charge is 2.32. The second kappa shape index (κ2) is 6.60. The molecule has 6 nitrogen and oxygen atoms in total. The SMILES string of the molecule is CC.Cc1cc2c3c(ccc4c5c(C)cc6c7c(ccc(c1c34)c75)C(=O)NC6=O)C(=O)NC2=O. The molecule has 2 heterocycles. The summed E-state index contributed by atoms with van der Waals surface area (Å²) in [5, 5.41) is 11.6. The summed E-state index contributed by atoms with van der Waals surface area (Å²) < 4.78 is 0. The van der Waals surface area contributed by atoms with Crippen LogP contribution in [0.2, 0.25) is 0 Å². The second-order valence-corrected chi connectivity index (χ2v) is 8.62. The molecule has 4 amide bonds. The lowest BCUT2D eigenvalue weighted by Crippen LogP contribution is -2.35. The van der Waals surface area contributed by atoms with E-state index in [2.05, 4.69) is 10.6 Å². The van der Waals surface area contributed by atoms with Gasteiger partial charge >= 0.3 is 0 Å². The Balaban J connectivity index is 0.00000106. The number of imide groups is 2. The minimum Gasteiger partial charge on any atom is -0.288 e. The van der Waals surface area contributed by atoms with Crippen molar-refractivity contribution in [3.63, 3.8) is 0 Å². The van der Waals surface area contributed by atoms with E-state index in [1.54, 1.807) is 12.1 Å². The molecular weight excluding hydrogens is 428 g/mol. The Morgan fingerprint density at radius 2 is 0.824 bits per heavy atom. The van der Waals surface area contributed by atoms with Gasteiger partial charge in [-0.15, -0.1) is 0 Å². The summed E-state index contributed by atoms with van der Waals surface area (Å²) in [5.41, 5.74) is 3.71. The minimum absolute atomic E-state index is 0.399. The lowest BCUT2D eigenvalue weighted by Gasteiger charge is -2.25. The highest BCUT2D eigenvalue weighted by atomic mass is 16.2. The molecule has 0 saturated heterocycles. The van der Waals surface area contributed by atoms with Crippen LogP contribution in [-0.2, 0) is 0 Å². The Labute approximate surface area is 194 Å². The molecule has 0 fully saturated rings. The first-order valence-corrected chi connectivity index (χ1v) is 11.3. The van der Waals surface area contributed by atoms with E-state index in [1.807, 2.05) is 52.0 Å². The molecule has 34 heavy (non-hydrogen) atoms. The topological polar surface area (TPSA) is 92.3 Å². The third-order valence-electron chi connectivity index (χ3n) is 6.93. The number of carbonyl (C=O) groups excluding carboxylic acids is 4. The molecule has 2 aliphatic heterocycles. The van der Waals surface area contributed by atoms with E-state index in [9.17, 15) is 19.2 Å². The Bertz CT molecular complexity index is 1680. The third kappa shape index (κ3) is 2.25. The maximum Gasteiger partial charge on any atom is 0.258 e. The van der Waals surface area contributed by atoms with Crippen LogP contribution in [0.5, 0.6) is 0 Å². The monoisotopic (exact) mass is 448 g/mol. The predicted molar refractivity (Wildman–Crippen MR) is 132 cm³/mol. The molecule has 0 saturated carbocycles. The molecule has 0 atom stereocenters. The fourth-order valence-electron chi connectivity index (χ4n) is 5.72. The average molecular weight is 448 g/mol. The normalized spacial score (nSPS) is 14.6. The van der Waals surface area contributed by atoms with Gasteiger partial charge in [0.05, 0.1) is 0 Å². The van der Waals surface area contributed by atoms with Gasteiger partial charge in [-0.2, -0.15) is 0 Å². The number of hydrogen-bond acceptors (Lipinski definition) is 4.